The Balaban J connectivity index is 0.000000158. The SMILES string of the molecule is c1ccc(-c2cc([N-][P+](c3ccccc3)(c3ccccc3)c3ccccc3)no2)cc1.c1ccc(-c2cc([N-][P+](c3ccccc3)(c3ccccc3)c3ccccc3)no2)cc1. The molecule has 0 bridgehead atoms. The topological polar surface area (TPSA) is 80.3 Å². The maximum Gasteiger partial charge on any atom is 0.141 e. The summed E-state index contributed by atoms with van der Waals surface area (Å²) >= 11 is 0. The Morgan fingerprint density at radius 1 is 0.274 bits per heavy atom. The molecule has 0 saturated heterocycles. The summed E-state index contributed by atoms with van der Waals surface area (Å²) in [5, 5.41) is 26.5. The van der Waals surface area contributed by atoms with Gasteiger partial charge < -0.3 is 9.05 Å². The second-order valence-electron chi connectivity index (χ2n) is 14.3. The fraction of sp³-hybridized carbons (Fsp3) is 0. The third-order valence-corrected chi connectivity index (χ3v) is 17.7. The molecule has 8 heteroatoms. The fourth-order valence-electron chi connectivity index (χ4n) is 7.51. The number of rotatable bonds is 12. The van der Waals surface area contributed by atoms with Gasteiger partial charge in [0.15, 0.2) is 0 Å². The van der Waals surface area contributed by atoms with Crippen LogP contribution in [0.25, 0.3) is 32.8 Å². The molecule has 8 aromatic carbocycles. The van der Waals surface area contributed by atoms with Gasteiger partial charge in [-0.2, -0.15) is 0 Å². The largest absolute Gasteiger partial charge is 0.455 e. The van der Waals surface area contributed by atoms with E-state index in [2.05, 4.69) is 156 Å². The minimum atomic E-state index is -2.35. The minimum absolute atomic E-state index is 0.601. The van der Waals surface area contributed by atoms with E-state index in [0.717, 1.165) is 11.1 Å². The van der Waals surface area contributed by atoms with Crippen molar-refractivity contribution in [3.05, 3.63) is 265 Å². The second kappa shape index (κ2) is 18.9. The van der Waals surface area contributed by atoms with Crippen LogP contribution in [0.5, 0.6) is 0 Å². The first-order valence-corrected chi connectivity index (χ1v) is 23.8. The van der Waals surface area contributed by atoms with Crippen molar-refractivity contribution in [2.75, 3.05) is 0 Å². The van der Waals surface area contributed by atoms with E-state index in [1.165, 1.54) is 31.8 Å². The van der Waals surface area contributed by atoms with Crippen molar-refractivity contribution < 1.29 is 9.05 Å². The molecule has 0 aliphatic rings. The molecule has 0 unspecified atom stereocenters. The van der Waals surface area contributed by atoms with Crippen molar-refractivity contribution in [2.24, 2.45) is 0 Å². The molecule has 0 atom stereocenters. The Morgan fingerprint density at radius 2 is 0.484 bits per heavy atom. The summed E-state index contributed by atoms with van der Waals surface area (Å²) in [5.74, 6) is 2.63. The van der Waals surface area contributed by atoms with Gasteiger partial charge in [0.2, 0.25) is 0 Å². The summed E-state index contributed by atoms with van der Waals surface area (Å²) < 4.78 is 11.4. The third kappa shape index (κ3) is 8.48. The van der Waals surface area contributed by atoms with Crippen molar-refractivity contribution in [1.29, 1.82) is 0 Å². The third-order valence-electron chi connectivity index (χ3n) is 10.4. The number of benzene rings is 8. The van der Waals surface area contributed by atoms with Crippen molar-refractivity contribution in [3.8, 4) is 22.6 Å². The molecule has 0 N–H and O–H groups in total. The molecular formula is C54H42N4O2P2. The number of hydrogen-bond donors (Lipinski definition) is 0. The highest BCUT2D eigenvalue weighted by Crippen LogP contribution is 2.65. The summed E-state index contributed by atoms with van der Waals surface area (Å²) in [6.45, 7) is 0. The molecule has 62 heavy (non-hydrogen) atoms. The van der Waals surface area contributed by atoms with Crippen LogP contribution in [0.4, 0.5) is 11.6 Å². The Labute approximate surface area is 363 Å². The molecule has 0 radical (unpaired) electrons. The highest BCUT2D eigenvalue weighted by Gasteiger charge is 2.44. The molecule has 6 nitrogen and oxygen atoms in total. The molecule has 0 fully saturated rings. The van der Waals surface area contributed by atoms with Crippen LogP contribution in [0.2, 0.25) is 0 Å². The lowest BCUT2D eigenvalue weighted by molar-refractivity contribution is 0.436. The zero-order valence-corrected chi connectivity index (χ0v) is 35.5. The van der Waals surface area contributed by atoms with Crippen molar-refractivity contribution in [3.63, 3.8) is 0 Å². The van der Waals surface area contributed by atoms with E-state index in [9.17, 15) is 0 Å². The van der Waals surface area contributed by atoms with Crippen LogP contribution >= 0.6 is 14.8 Å². The lowest BCUT2D eigenvalue weighted by Crippen LogP contribution is -2.29. The van der Waals surface area contributed by atoms with E-state index in [1.54, 1.807) is 0 Å². The summed E-state index contributed by atoms with van der Waals surface area (Å²) in [6, 6.07) is 86.9. The molecule has 10 rings (SSSR count). The van der Waals surface area contributed by atoms with Gasteiger partial charge in [-0.1, -0.05) is 170 Å². The molecule has 2 aromatic heterocycles. The van der Waals surface area contributed by atoms with E-state index >= 15 is 0 Å². The van der Waals surface area contributed by atoms with E-state index in [4.69, 9.17) is 19.2 Å². The van der Waals surface area contributed by atoms with Gasteiger partial charge in [0, 0.05) is 22.8 Å². The molecule has 0 saturated carbocycles. The Kier molecular flexibility index (Phi) is 12.2. The first-order valence-electron chi connectivity index (χ1n) is 20.3. The Morgan fingerprint density at radius 3 is 0.710 bits per heavy atom. The normalized spacial score (nSPS) is 11.2. The zero-order chi connectivity index (χ0) is 41.9. The summed E-state index contributed by atoms with van der Waals surface area (Å²) in [5.41, 5.74) is 1.97. The maximum atomic E-state index is 5.68. The first-order chi connectivity index (χ1) is 30.7. The maximum absolute atomic E-state index is 5.68. The van der Waals surface area contributed by atoms with Crippen LogP contribution in [-0.4, -0.2) is 10.3 Å². The first kappa shape index (κ1) is 40.1. The van der Waals surface area contributed by atoms with Crippen LogP contribution in [-0.2, 0) is 0 Å². The molecule has 0 spiro atoms. The zero-order valence-electron chi connectivity index (χ0n) is 33.7. The highest BCUT2D eigenvalue weighted by atomic mass is 31.2. The van der Waals surface area contributed by atoms with Crippen LogP contribution in [0.15, 0.2) is 264 Å². The lowest BCUT2D eigenvalue weighted by atomic mass is 10.2. The van der Waals surface area contributed by atoms with Crippen molar-refractivity contribution in [1.82, 2.24) is 10.3 Å². The molecule has 300 valence electrons. The predicted octanol–water partition coefficient (Wildman–Crippen LogP) is 12.5. The van der Waals surface area contributed by atoms with Crippen molar-refractivity contribution in [2.45, 2.75) is 0 Å². The van der Waals surface area contributed by atoms with Gasteiger partial charge >= 0.3 is 0 Å². The van der Waals surface area contributed by atoms with Crippen LogP contribution in [0.3, 0.4) is 0 Å². The van der Waals surface area contributed by atoms with Crippen LogP contribution in [0, 0.1) is 0 Å². The van der Waals surface area contributed by atoms with E-state index < -0.39 is 14.8 Å². The number of aromatic nitrogens is 2. The molecule has 0 amide bonds. The molecular weight excluding hydrogens is 799 g/mol. The average Bonchev–Trinajstić information content (AvgIpc) is 4.05. The summed E-state index contributed by atoms with van der Waals surface area (Å²) in [4.78, 5) is 0. The molecule has 0 aliphatic heterocycles. The fourth-order valence-corrected chi connectivity index (χ4v) is 14.4. The van der Waals surface area contributed by atoms with E-state index in [0.29, 0.717) is 23.2 Å². The van der Waals surface area contributed by atoms with Crippen molar-refractivity contribution >= 4 is 58.3 Å². The number of nitrogens with zero attached hydrogens (tertiary/aromatic N) is 4. The smallest absolute Gasteiger partial charge is 0.141 e. The van der Waals surface area contributed by atoms with E-state index in [1.807, 2.05) is 109 Å². The van der Waals surface area contributed by atoms with Gasteiger partial charge in [-0.15, -0.1) is 0 Å². The monoisotopic (exact) mass is 840 g/mol. The standard InChI is InChI=1S/2C27H21N2OP/c2*1-5-13-22(14-6-1)26-21-27(28-30-26)29-31(23-15-7-2-8-16-23,24-17-9-3-10-18-24)25-19-11-4-12-20-25/h2*1-21H. The van der Waals surface area contributed by atoms with Gasteiger partial charge in [0.25, 0.3) is 0 Å². The average molecular weight is 841 g/mol. The van der Waals surface area contributed by atoms with Gasteiger partial charge in [-0.25, -0.2) is 0 Å². The van der Waals surface area contributed by atoms with Crippen LogP contribution in [0.1, 0.15) is 0 Å². The predicted molar refractivity (Wildman–Crippen MR) is 260 cm³/mol. The van der Waals surface area contributed by atoms with E-state index in [-0.39, 0.29) is 0 Å². The van der Waals surface area contributed by atoms with Crippen LogP contribution < -0.4 is 31.8 Å². The number of hydrogen-bond acceptors (Lipinski definition) is 4. The molecule has 0 aliphatic carbocycles. The van der Waals surface area contributed by atoms with Gasteiger partial charge in [-0.3, -0.25) is 20.5 Å². The molecule has 10 aromatic rings. The minimum Gasteiger partial charge on any atom is -0.455 e. The second-order valence-corrected chi connectivity index (χ2v) is 20.4. The Bertz CT molecular complexity index is 2490. The quantitative estimate of drug-likeness (QED) is 0.115. The summed E-state index contributed by atoms with van der Waals surface area (Å²) in [7, 11) is -4.70. The van der Waals surface area contributed by atoms with Gasteiger partial charge in [0.1, 0.15) is 58.2 Å². The van der Waals surface area contributed by atoms with Gasteiger partial charge in [0.05, 0.1) is 0 Å². The highest BCUT2D eigenvalue weighted by molar-refractivity contribution is 7.98. The van der Waals surface area contributed by atoms with Gasteiger partial charge in [-0.05, 0) is 84.9 Å². The Hall–Kier alpha value is -7.36. The summed E-state index contributed by atoms with van der Waals surface area (Å²) in [6.07, 6.45) is 0. The molecule has 2 heterocycles. The lowest BCUT2D eigenvalue weighted by Gasteiger charge is -2.31.